The Bertz CT molecular complexity index is 1690. The van der Waals surface area contributed by atoms with Crippen LogP contribution in [0.15, 0.2) is 60.7 Å². The molecule has 0 fully saturated rings. The highest BCUT2D eigenvalue weighted by Gasteiger charge is 2.33. The molecule has 0 aliphatic carbocycles. The number of rotatable bonds is 32. The van der Waals surface area contributed by atoms with Gasteiger partial charge in [-0.3, -0.25) is 33.6 Å². The summed E-state index contributed by atoms with van der Waals surface area (Å²) < 4.78 is 0. The lowest BCUT2D eigenvalue weighted by Gasteiger charge is -2.29. The van der Waals surface area contributed by atoms with Crippen LogP contribution in [0.3, 0.4) is 0 Å². The first kappa shape index (κ1) is 53.8. The molecule has 11 N–H and O–H groups in total. The second-order valence-electron chi connectivity index (χ2n) is 17.0. The fourth-order valence-corrected chi connectivity index (χ4v) is 6.88. The van der Waals surface area contributed by atoms with Crippen LogP contribution < -0.4 is 43.4 Å². The maximum absolute atomic E-state index is 14.2. The Morgan fingerprint density at radius 3 is 1.60 bits per heavy atom. The molecule has 63 heavy (non-hydrogen) atoms. The average molecular weight is 879 g/mol. The summed E-state index contributed by atoms with van der Waals surface area (Å²) in [4.78, 5) is 91.6. The minimum absolute atomic E-state index is 0.0278. The summed E-state index contributed by atoms with van der Waals surface area (Å²) in [6.45, 7) is 8.68. The van der Waals surface area contributed by atoms with Crippen molar-refractivity contribution in [2.45, 2.75) is 148 Å². The molecular weight excluding hydrogens is 805 g/mol. The molecule has 0 saturated heterocycles. The molecule has 0 bridgehead atoms. The molecule has 5 atom stereocenters. The van der Waals surface area contributed by atoms with Crippen LogP contribution in [0.2, 0.25) is 0 Å². The van der Waals surface area contributed by atoms with Crippen molar-refractivity contribution in [3.8, 4) is 0 Å². The molecule has 0 radical (unpaired) electrons. The predicted octanol–water partition coefficient (Wildman–Crippen LogP) is 3.01. The van der Waals surface area contributed by atoms with E-state index in [1.165, 1.54) is 0 Å². The van der Waals surface area contributed by atoms with Crippen LogP contribution in [0.4, 0.5) is 0 Å². The number of unbranched alkanes of at least 4 members (excludes halogenated alkanes) is 5. The van der Waals surface area contributed by atoms with Crippen LogP contribution in [-0.2, 0) is 46.4 Å². The zero-order valence-electron chi connectivity index (χ0n) is 37.8. The van der Waals surface area contributed by atoms with Crippen molar-refractivity contribution < 1.29 is 38.7 Å². The van der Waals surface area contributed by atoms with E-state index >= 15 is 0 Å². The second-order valence-corrected chi connectivity index (χ2v) is 17.0. The number of aliphatic carboxylic acids is 1. The monoisotopic (exact) mass is 879 g/mol. The van der Waals surface area contributed by atoms with Gasteiger partial charge in [-0.25, -0.2) is 0 Å². The average Bonchev–Trinajstić information content (AvgIpc) is 3.24. The van der Waals surface area contributed by atoms with Gasteiger partial charge in [-0.05, 0) is 74.5 Å². The molecule has 16 nitrogen and oxygen atoms in total. The maximum Gasteiger partial charge on any atom is 0.303 e. The third kappa shape index (κ3) is 23.1. The Morgan fingerprint density at radius 2 is 1.06 bits per heavy atom. The lowest BCUT2D eigenvalue weighted by Crippen LogP contribution is -2.60. The highest BCUT2D eigenvalue weighted by molar-refractivity contribution is 5.96. The van der Waals surface area contributed by atoms with E-state index in [0.29, 0.717) is 71.0 Å². The summed E-state index contributed by atoms with van der Waals surface area (Å²) in [5, 5.41) is 25.9. The van der Waals surface area contributed by atoms with Crippen LogP contribution >= 0.6 is 0 Å². The summed E-state index contributed by atoms with van der Waals surface area (Å²) >= 11 is 0. The molecule has 6 amide bonds. The molecule has 0 aliphatic heterocycles. The lowest BCUT2D eigenvalue weighted by molar-refractivity contribution is -0.137. The SMILES string of the molecule is CC(C)C[C@H](NC(=O)[C@@H](N)CCCCN)C(=O)N[C@H](C(=O)N[C@@H](Cc1ccccc1)C(=O)N[C@@H](Cc1ccccc1)C(=O)NCCCCCC(=O)NCCCCCC(=O)O)C(C)C. The Hall–Kier alpha value is -5.35. The number of benzene rings is 2. The van der Waals surface area contributed by atoms with Crippen LogP contribution in [-0.4, -0.2) is 96.4 Å². The Kier molecular flexibility index (Phi) is 26.2. The number of carboxylic acids is 1. The smallest absolute Gasteiger partial charge is 0.303 e. The summed E-state index contributed by atoms with van der Waals surface area (Å²) in [6.07, 6.45) is 6.81. The first-order valence-corrected chi connectivity index (χ1v) is 22.6. The molecular formula is C47H74N8O8. The van der Waals surface area contributed by atoms with Gasteiger partial charge in [0.25, 0.3) is 0 Å². The second kappa shape index (κ2) is 30.7. The fraction of sp³-hybridized carbons (Fsp3) is 0.596. The van der Waals surface area contributed by atoms with E-state index in [9.17, 15) is 33.6 Å². The zero-order chi connectivity index (χ0) is 46.6. The Labute approximate surface area is 373 Å². The van der Waals surface area contributed by atoms with Gasteiger partial charge in [0.05, 0.1) is 6.04 Å². The summed E-state index contributed by atoms with van der Waals surface area (Å²) in [6, 6.07) is 13.4. The number of hydrogen-bond donors (Lipinski definition) is 9. The van der Waals surface area contributed by atoms with Crippen molar-refractivity contribution in [1.29, 1.82) is 0 Å². The molecule has 0 aliphatic rings. The Balaban J connectivity index is 2.15. The Morgan fingerprint density at radius 1 is 0.556 bits per heavy atom. The van der Waals surface area contributed by atoms with Crippen LogP contribution in [0.25, 0.3) is 0 Å². The molecule has 0 saturated carbocycles. The van der Waals surface area contributed by atoms with Gasteiger partial charge in [-0.2, -0.15) is 0 Å². The predicted molar refractivity (Wildman–Crippen MR) is 244 cm³/mol. The van der Waals surface area contributed by atoms with Gasteiger partial charge in [0.15, 0.2) is 0 Å². The van der Waals surface area contributed by atoms with Gasteiger partial charge in [0, 0.05) is 38.8 Å². The maximum atomic E-state index is 14.2. The molecule has 2 rings (SSSR count). The first-order valence-electron chi connectivity index (χ1n) is 22.6. The third-order valence-electron chi connectivity index (χ3n) is 10.5. The molecule has 16 heteroatoms. The van der Waals surface area contributed by atoms with E-state index in [4.69, 9.17) is 16.6 Å². The molecule has 0 aromatic heterocycles. The lowest BCUT2D eigenvalue weighted by atomic mass is 9.98. The minimum Gasteiger partial charge on any atom is -0.481 e. The summed E-state index contributed by atoms with van der Waals surface area (Å²) in [7, 11) is 0. The van der Waals surface area contributed by atoms with Crippen LogP contribution in [0, 0.1) is 11.8 Å². The van der Waals surface area contributed by atoms with E-state index in [2.05, 4.69) is 31.9 Å². The van der Waals surface area contributed by atoms with Crippen LogP contribution in [0.5, 0.6) is 0 Å². The van der Waals surface area contributed by atoms with Crippen molar-refractivity contribution in [3.05, 3.63) is 71.8 Å². The highest BCUT2D eigenvalue weighted by Crippen LogP contribution is 2.12. The largest absolute Gasteiger partial charge is 0.481 e. The van der Waals surface area contributed by atoms with Gasteiger partial charge in [-0.15, -0.1) is 0 Å². The van der Waals surface area contributed by atoms with Crippen molar-refractivity contribution >= 4 is 41.4 Å². The van der Waals surface area contributed by atoms with Crippen molar-refractivity contribution in [3.63, 3.8) is 0 Å². The van der Waals surface area contributed by atoms with E-state index in [0.717, 1.165) is 30.4 Å². The van der Waals surface area contributed by atoms with Gasteiger partial charge >= 0.3 is 5.97 Å². The number of nitrogens with one attached hydrogen (secondary N) is 6. The van der Waals surface area contributed by atoms with Gasteiger partial charge in [-0.1, -0.05) is 108 Å². The van der Waals surface area contributed by atoms with Crippen molar-refractivity contribution in [1.82, 2.24) is 31.9 Å². The number of carbonyl (C=O) groups is 7. The standard InChI is InChI=1S/C47H74N8O8/c1-32(2)29-37(52-43(59)36(49)23-15-16-26-48)46(62)55-42(33(3)4)47(63)54-39(31-35-21-11-6-12-22-35)45(61)53-38(30-34-19-9-5-10-20-34)44(60)51-28-18-7-13-24-40(56)50-27-17-8-14-25-41(57)58/h5-6,9-12,19-22,32-33,36-39,42H,7-8,13-18,23-31,48-49H2,1-4H3,(H,50,56)(H,51,60)(H,52,59)(H,53,61)(H,54,63)(H,55,62)(H,57,58)/t36-,37-,38-,39-,42-/m0/s1. The highest BCUT2D eigenvalue weighted by atomic mass is 16.4. The van der Waals surface area contributed by atoms with E-state index < -0.39 is 71.6 Å². The molecule has 2 aromatic carbocycles. The van der Waals surface area contributed by atoms with E-state index in [1.54, 1.807) is 13.8 Å². The molecule has 350 valence electrons. The van der Waals surface area contributed by atoms with E-state index in [-0.39, 0.29) is 31.1 Å². The normalized spacial score (nSPS) is 13.5. The molecule has 0 spiro atoms. The molecule has 0 unspecified atom stereocenters. The van der Waals surface area contributed by atoms with Crippen LogP contribution in [0.1, 0.15) is 116 Å². The van der Waals surface area contributed by atoms with Gasteiger partial charge in [0.2, 0.25) is 35.4 Å². The fourth-order valence-electron chi connectivity index (χ4n) is 6.88. The zero-order valence-corrected chi connectivity index (χ0v) is 37.8. The van der Waals surface area contributed by atoms with Crippen molar-refractivity contribution in [2.75, 3.05) is 19.6 Å². The topological polar surface area (TPSA) is 264 Å². The minimum atomic E-state index is -1.13. The number of carboxylic acid groups (broad SMARTS) is 1. The van der Waals surface area contributed by atoms with Gasteiger partial charge in [0.1, 0.15) is 24.2 Å². The van der Waals surface area contributed by atoms with Crippen molar-refractivity contribution in [2.24, 2.45) is 23.3 Å². The molecule has 0 heterocycles. The number of nitrogens with two attached hydrogens (primary N) is 2. The third-order valence-corrected chi connectivity index (χ3v) is 10.5. The van der Waals surface area contributed by atoms with Gasteiger partial charge < -0.3 is 48.5 Å². The summed E-state index contributed by atoms with van der Waals surface area (Å²) in [5.41, 5.74) is 13.3. The van der Waals surface area contributed by atoms with E-state index in [1.807, 2.05) is 74.5 Å². The number of hydrogen-bond acceptors (Lipinski definition) is 9. The number of carbonyl (C=O) groups excluding carboxylic acids is 6. The number of amides is 6. The summed E-state index contributed by atoms with van der Waals surface area (Å²) in [5.74, 6) is -3.88. The molecule has 2 aromatic rings. The first-order chi connectivity index (χ1) is 30.1. The quantitative estimate of drug-likeness (QED) is 0.0485.